The summed E-state index contributed by atoms with van der Waals surface area (Å²) >= 11 is 0. The molecule has 2 aliphatic heterocycles. The van der Waals surface area contributed by atoms with Gasteiger partial charge < -0.3 is 4.90 Å². The number of benzene rings is 2. The fourth-order valence-electron chi connectivity index (χ4n) is 5.04. The van der Waals surface area contributed by atoms with E-state index in [1.807, 2.05) is 24.3 Å². The van der Waals surface area contributed by atoms with Crippen LogP contribution in [0.4, 0.5) is 5.69 Å². The van der Waals surface area contributed by atoms with Gasteiger partial charge in [0.2, 0.25) is 10.0 Å². The highest BCUT2D eigenvalue weighted by atomic mass is 32.2. The molecule has 162 valence electrons. The van der Waals surface area contributed by atoms with E-state index in [1.54, 1.807) is 10.4 Å². The molecule has 2 fully saturated rings. The van der Waals surface area contributed by atoms with Crippen molar-refractivity contribution in [2.75, 3.05) is 24.5 Å². The number of rotatable bonds is 6. The molecule has 0 saturated carbocycles. The van der Waals surface area contributed by atoms with Gasteiger partial charge in [-0.1, -0.05) is 51.1 Å². The third kappa shape index (κ3) is 4.02. The zero-order valence-corrected chi connectivity index (χ0v) is 19.2. The predicted octanol–water partition coefficient (Wildman–Crippen LogP) is 5.40. The number of nitrogens with zero attached hydrogens (tertiary/aromatic N) is 2. The Kier molecular flexibility index (Phi) is 6.21. The minimum Gasteiger partial charge on any atom is -0.371 e. The zero-order chi connectivity index (χ0) is 21.3. The maximum absolute atomic E-state index is 13.4. The first-order valence-corrected chi connectivity index (χ1v) is 12.8. The van der Waals surface area contributed by atoms with Gasteiger partial charge in [-0.15, -0.1) is 0 Å². The second-order valence-electron chi connectivity index (χ2n) is 9.10. The Morgan fingerprint density at radius 2 is 1.83 bits per heavy atom. The van der Waals surface area contributed by atoms with Crippen LogP contribution in [-0.4, -0.2) is 38.4 Å². The number of sulfonamides is 1. The number of para-hydroxylation sites is 1. The quantitative estimate of drug-likeness (QED) is 0.621. The Bertz CT molecular complexity index is 986. The summed E-state index contributed by atoms with van der Waals surface area (Å²) in [5.74, 6) is 1.40. The molecule has 30 heavy (non-hydrogen) atoms. The van der Waals surface area contributed by atoms with E-state index in [0.717, 1.165) is 43.5 Å². The van der Waals surface area contributed by atoms with Crippen molar-refractivity contribution in [2.45, 2.75) is 57.4 Å². The van der Waals surface area contributed by atoms with Crippen molar-refractivity contribution in [1.29, 1.82) is 0 Å². The van der Waals surface area contributed by atoms with Crippen molar-refractivity contribution < 1.29 is 8.42 Å². The van der Waals surface area contributed by atoms with E-state index in [1.165, 1.54) is 12.1 Å². The first-order valence-electron chi connectivity index (χ1n) is 11.4. The third-order valence-electron chi connectivity index (χ3n) is 6.96. The Morgan fingerprint density at radius 1 is 1.03 bits per heavy atom. The third-order valence-corrected chi connectivity index (χ3v) is 8.91. The maximum Gasteiger partial charge on any atom is 0.243 e. The summed E-state index contributed by atoms with van der Waals surface area (Å²) in [7, 11) is -3.46. The van der Waals surface area contributed by atoms with Crippen LogP contribution in [0.15, 0.2) is 53.4 Å². The largest absolute Gasteiger partial charge is 0.371 e. The average molecular weight is 427 g/mol. The summed E-state index contributed by atoms with van der Waals surface area (Å²) in [5, 5.41) is 0. The molecule has 0 aromatic heterocycles. The van der Waals surface area contributed by atoms with Crippen molar-refractivity contribution in [1.82, 2.24) is 4.31 Å². The minimum atomic E-state index is -3.46. The van der Waals surface area contributed by atoms with Crippen molar-refractivity contribution in [3.63, 3.8) is 0 Å². The predicted molar refractivity (Wildman–Crippen MR) is 124 cm³/mol. The molecule has 2 heterocycles. The molecule has 0 amide bonds. The van der Waals surface area contributed by atoms with Crippen LogP contribution >= 0.6 is 0 Å². The Hall–Kier alpha value is -1.85. The van der Waals surface area contributed by atoms with Gasteiger partial charge in [-0.05, 0) is 61.3 Å². The van der Waals surface area contributed by atoms with E-state index >= 15 is 0 Å². The van der Waals surface area contributed by atoms with Crippen LogP contribution in [0, 0.1) is 11.8 Å². The molecular weight excluding hydrogens is 392 g/mol. The first kappa shape index (κ1) is 21.4. The summed E-state index contributed by atoms with van der Waals surface area (Å²) in [6.07, 6.45) is 4.00. The van der Waals surface area contributed by atoms with Gasteiger partial charge in [0.25, 0.3) is 0 Å². The summed E-state index contributed by atoms with van der Waals surface area (Å²) < 4.78 is 28.4. The molecule has 0 radical (unpaired) electrons. The molecular formula is C25H34N2O2S. The highest BCUT2D eigenvalue weighted by Gasteiger charge is 2.34. The van der Waals surface area contributed by atoms with Gasteiger partial charge in [0.15, 0.2) is 0 Å². The second-order valence-corrected chi connectivity index (χ2v) is 11.0. The van der Waals surface area contributed by atoms with Crippen molar-refractivity contribution >= 4 is 15.7 Å². The van der Waals surface area contributed by atoms with E-state index in [2.05, 4.69) is 43.9 Å². The van der Waals surface area contributed by atoms with Crippen LogP contribution in [-0.2, 0) is 10.0 Å². The zero-order valence-electron chi connectivity index (χ0n) is 18.4. The Morgan fingerprint density at radius 3 is 2.57 bits per heavy atom. The van der Waals surface area contributed by atoms with Crippen LogP contribution in [0.2, 0.25) is 0 Å². The fraction of sp³-hybridized carbons (Fsp3) is 0.520. The van der Waals surface area contributed by atoms with Gasteiger partial charge in [0, 0.05) is 36.9 Å². The fourth-order valence-corrected chi connectivity index (χ4v) is 6.85. The smallest absolute Gasteiger partial charge is 0.243 e. The minimum absolute atomic E-state index is 0.128. The second kappa shape index (κ2) is 8.72. The molecule has 5 heteroatoms. The van der Waals surface area contributed by atoms with Crippen LogP contribution in [0.5, 0.6) is 0 Å². The molecule has 1 unspecified atom stereocenters. The highest BCUT2D eigenvalue weighted by Crippen LogP contribution is 2.37. The monoisotopic (exact) mass is 426 g/mol. The molecule has 0 N–H and O–H groups in total. The molecule has 0 bridgehead atoms. The molecule has 2 saturated heterocycles. The first-order chi connectivity index (χ1) is 14.4. The summed E-state index contributed by atoms with van der Waals surface area (Å²) in [5.41, 5.74) is 3.31. The van der Waals surface area contributed by atoms with Crippen molar-refractivity contribution in [3.8, 4) is 11.1 Å². The number of hydrogen-bond donors (Lipinski definition) is 0. The van der Waals surface area contributed by atoms with Crippen molar-refractivity contribution in [3.05, 3.63) is 48.5 Å². The molecule has 2 aliphatic rings. The highest BCUT2D eigenvalue weighted by molar-refractivity contribution is 7.89. The SMILES string of the molecule is CC[C@H]1CCCN1S(=O)(=O)c1cccc(-c2ccccc2N2CCC(C(C)C)C2)c1. The van der Waals surface area contributed by atoms with Gasteiger partial charge in [-0.2, -0.15) is 4.31 Å². The van der Waals surface area contributed by atoms with Crippen molar-refractivity contribution in [2.24, 2.45) is 11.8 Å². The van der Waals surface area contributed by atoms with Gasteiger partial charge in [0.1, 0.15) is 0 Å². The van der Waals surface area contributed by atoms with Gasteiger partial charge in [-0.25, -0.2) is 8.42 Å². The summed E-state index contributed by atoms with van der Waals surface area (Å²) in [6, 6.07) is 16.1. The molecule has 0 spiro atoms. The lowest BCUT2D eigenvalue weighted by Crippen LogP contribution is -2.35. The maximum atomic E-state index is 13.4. The van der Waals surface area contributed by atoms with E-state index in [0.29, 0.717) is 23.3 Å². The molecule has 2 aromatic rings. The number of anilines is 1. The summed E-state index contributed by atoms with van der Waals surface area (Å²) in [6.45, 7) is 9.44. The van der Waals surface area contributed by atoms with Gasteiger partial charge >= 0.3 is 0 Å². The van der Waals surface area contributed by atoms with Crippen LogP contribution in [0.25, 0.3) is 11.1 Å². The van der Waals surface area contributed by atoms with Gasteiger partial charge in [0.05, 0.1) is 4.90 Å². The van der Waals surface area contributed by atoms with E-state index in [-0.39, 0.29) is 6.04 Å². The standard InChI is InChI=1S/C25H34N2O2S/c1-4-22-10-8-15-27(22)30(28,29)23-11-7-9-20(17-23)24-12-5-6-13-25(24)26-16-14-21(18-26)19(2)3/h5-7,9,11-13,17,19,21-22H,4,8,10,14-16,18H2,1-3H3/t21?,22-/m0/s1. The molecule has 4 rings (SSSR count). The normalized spacial score (nSPS) is 22.9. The molecule has 0 aliphatic carbocycles. The topological polar surface area (TPSA) is 40.6 Å². The Labute approximate surface area is 182 Å². The van der Waals surface area contributed by atoms with Gasteiger partial charge in [-0.3, -0.25) is 0 Å². The molecule has 4 nitrogen and oxygen atoms in total. The van der Waals surface area contributed by atoms with E-state index in [4.69, 9.17) is 0 Å². The van der Waals surface area contributed by atoms with Crippen LogP contribution < -0.4 is 4.90 Å². The average Bonchev–Trinajstić information content (AvgIpc) is 3.44. The van der Waals surface area contributed by atoms with Crippen LogP contribution in [0.1, 0.15) is 46.5 Å². The lowest BCUT2D eigenvalue weighted by molar-refractivity contribution is 0.379. The van der Waals surface area contributed by atoms with E-state index in [9.17, 15) is 8.42 Å². The summed E-state index contributed by atoms with van der Waals surface area (Å²) in [4.78, 5) is 2.88. The molecule has 2 atom stereocenters. The van der Waals surface area contributed by atoms with E-state index < -0.39 is 10.0 Å². The molecule has 2 aromatic carbocycles. The number of hydrogen-bond acceptors (Lipinski definition) is 3. The Balaban J connectivity index is 1.67. The lowest BCUT2D eigenvalue weighted by Gasteiger charge is -2.25. The van der Waals surface area contributed by atoms with Crippen LogP contribution in [0.3, 0.4) is 0 Å². The lowest BCUT2D eigenvalue weighted by atomic mass is 9.95.